The Morgan fingerprint density at radius 2 is 2.16 bits per heavy atom. The molecule has 1 aliphatic rings. The van der Waals surface area contributed by atoms with Gasteiger partial charge in [-0.05, 0) is 30.9 Å². The maximum Gasteiger partial charge on any atom is 0.254 e. The first-order valence-corrected chi connectivity index (χ1v) is 6.92. The smallest absolute Gasteiger partial charge is 0.254 e. The van der Waals surface area contributed by atoms with E-state index in [0.29, 0.717) is 6.54 Å². The van der Waals surface area contributed by atoms with E-state index < -0.39 is 11.7 Å². The molecule has 1 saturated carbocycles. The number of hydrogen-bond acceptors (Lipinski definition) is 2. The van der Waals surface area contributed by atoms with Gasteiger partial charge in [-0.2, -0.15) is 0 Å². The standard InChI is InChI=1S/C14H17ClFNO2/c15-12-4-2-1-3-9(12)8-17-14(19)11-6-5-10(18)7-13(11)16/h5-7,9,12,18H,1-4,8H2,(H,17,19). The number of rotatable bonds is 3. The number of nitrogens with one attached hydrogen (secondary N) is 1. The molecule has 3 nitrogen and oxygen atoms in total. The van der Waals surface area contributed by atoms with Gasteiger partial charge in [-0.25, -0.2) is 4.39 Å². The normalized spacial score (nSPS) is 23.1. The van der Waals surface area contributed by atoms with Crippen LogP contribution in [0.1, 0.15) is 36.0 Å². The zero-order valence-corrected chi connectivity index (χ0v) is 11.3. The third-order valence-electron chi connectivity index (χ3n) is 3.54. The topological polar surface area (TPSA) is 49.3 Å². The van der Waals surface area contributed by atoms with Crippen LogP contribution in [0.3, 0.4) is 0 Å². The van der Waals surface area contributed by atoms with Crippen LogP contribution in [0.5, 0.6) is 5.75 Å². The van der Waals surface area contributed by atoms with Crippen molar-refractivity contribution in [3.05, 3.63) is 29.6 Å². The molecule has 1 amide bonds. The van der Waals surface area contributed by atoms with E-state index in [1.165, 1.54) is 12.1 Å². The van der Waals surface area contributed by atoms with Crippen molar-refractivity contribution in [2.45, 2.75) is 31.1 Å². The zero-order valence-electron chi connectivity index (χ0n) is 10.5. The average molecular weight is 286 g/mol. The molecule has 0 spiro atoms. The van der Waals surface area contributed by atoms with Crippen LogP contribution in [0, 0.1) is 11.7 Å². The minimum atomic E-state index is -0.719. The molecular weight excluding hydrogens is 269 g/mol. The van der Waals surface area contributed by atoms with E-state index in [1.54, 1.807) is 0 Å². The lowest BCUT2D eigenvalue weighted by Gasteiger charge is -2.27. The van der Waals surface area contributed by atoms with Crippen LogP contribution in [-0.4, -0.2) is 22.9 Å². The Labute approximate surface area is 116 Å². The molecule has 1 aromatic rings. The highest BCUT2D eigenvalue weighted by Gasteiger charge is 2.24. The SMILES string of the molecule is O=C(NCC1CCCCC1Cl)c1ccc(O)cc1F. The van der Waals surface area contributed by atoms with Gasteiger partial charge in [0.25, 0.3) is 5.91 Å². The van der Waals surface area contributed by atoms with E-state index >= 15 is 0 Å². The largest absolute Gasteiger partial charge is 0.508 e. The quantitative estimate of drug-likeness (QED) is 0.839. The number of aromatic hydroxyl groups is 1. The second-order valence-electron chi connectivity index (χ2n) is 4.93. The maximum atomic E-state index is 13.5. The third kappa shape index (κ3) is 3.60. The highest BCUT2D eigenvalue weighted by atomic mass is 35.5. The molecule has 1 aromatic carbocycles. The van der Waals surface area contributed by atoms with E-state index in [1.807, 2.05) is 0 Å². The highest BCUT2D eigenvalue weighted by molar-refractivity contribution is 6.20. The van der Waals surface area contributed by atoms with E-state index in [0.717, 1.165) is 31.7 Å². The van der Waals surface area contributed by atoms with Gasteiger partial charge in [0.05, 0.1) is 5.56 Å². The molecule has 104 valence electrons. The number of hydrogen-bond donors (Lipinski definition) is 2. The number of phenols is 1. The van der Waals surface area contributed by atoms with E-state index in [-0.39, 0.29) is 22.6 Å². The first-order valence-electron chi connectivity index (χ1n) is 6.48. The van der Waals surface area contributed by atoms with E-state index in [9.17, 15) is 9.18 Å². The molecule has 2 N–H and O–H groups in total. The number of halogens is 2. The van der Waals surface area contributed by atoms with E-state index in [4.69, 9.17) is 16.7 Å². The Balaban J connectivity index is 1.93. The molecule has 1 aliphatic carbocycles. The summed E-state index contributed by atoms with van der Waals surface area (Å²) in [5.74, 6) is -1.13. The Morgan fingerprint density at radius 3 is 2.84 bits per heavy atom. The summed E-state index contributed by atoms with van der Waals surface area (Å²) >= 11 is 6.21. The molecular formula is C14H17ClFNO2. The summed E-state index contributed by atoms with van der Waals surface area (Å²) in [6.45, 7) is 0.466. The molecule has 0 radical (unpaired) electrons. The Bertz CT molecular complexity index is 467. The van der Waals surface area contributed by atoms with Crippen LogP contribution in [0.4, 0.5) is 4.39 Å². The lowest BCUT2D eigenvalue weighted by molar-refractivity contribution is 0.0940. The molecule has 0 aliphatic heterocycles. The molecule has 1 fully saturated rings. The lowest BCUT2D eigenvalue weighted by atomic mass is 9.88. The molecule has 0 aromatic heterocycles. The van der Waals surface area contributed by atoms with Gasteiger partial charge in [-0.15, -0.1) is 11.6 Å². The third-order valence-corrected chi connectivity index (χ3v) is 4.11. The van der Waals surface area contributed by atoms with Crippen molar-refractivity contribution in [3.8, 4) is 5.75 Å². The van der Waals surface area contributed by atoms with Crippen LogP contribution >= 0.6 is 11.6 Å². The maximum absolute atomic E-state index is 13.5. The fourth-order valence-electron chi connectivity index (χ4n) is 2.40. The summed E-state index contributed by atoms with van der Waals surface area (Å²) in [7, 11) is 0. The minimum absolute atomic E-state index is 0.0558. The Morgan fingerprint density at radius 1 is 1.42 bits per heavy atom. The van der Waals surface area contributed by atoms with Crippen LogP contribution in [0.25, 0.3) is 0 Å². The number of amides is 1. The molecule has 2 atom stereocenters. The van der Waals surface area contributed by atoms with Crippen molar-refractivity contribution in [3.63, 3.8) is 0 Å². The van der Waals surface area contributed by atoms with Crippen molar-refractivity contribution in [2.75, 3.05) is 6.54 Å². The van der Waals surface area contributed by atoms with Crippen molar-refractivity contribution < 1.29 is 14.3 Å². The van der Waals surface area contributed by atoms with Crippen LogP contribution < -0.4 is 5.32 Å². The van der Waals surface area contributed by atoms with Crippen molar-refractivity contribution in [1.82, 2.24) is 5.32 Å². The lowest BCUT2D eigenvalue weighted by Crippen LogP contribution is -2.35. The summed E-state index contributed by atoms with van der Waals surface area (Å²) in [5.41, 5.74) is -0.0558. The van der Waals surface area contributed by atoms with Gasteiger partial charge in [0.1, 0.15) is 11.6 Å². The molecule has 5 heteroatoms. The van der Waals surface area contributed by atoms with Gasteiger partial charge in [0.15, 0.2) is 0 Å². The Hall–Kier alpha value is -1.29. The molecule has 0 saturated heterocycles. The van der Waals surface area contributed by atoms with Gasteiger partial charge < -0.3 is 10.4 Å². The predicted molar refractivity (Wildman–Crippen MR) is 72.0 cm³/mol. The number of carbonyl (C=O) groups excluding carboxylic acids is 1. The number of benzene rings is 1. The van der Waals surface area contributed by atoms with Gasteiger partial charge in [0.2, 0.25) is 0 Å². The summed E-state index contributed by atoms with van der Waals surface area (Å²) < 4.78 is 13.5. The van der Waals surface area contributed by atoms with Crippen LogP contribution in [0.15, 0.2) is 18.2 Å². The second kappa shape index (κ2) is 6.24. The van der Waals surface area contributed by atoms with Crippen molar-refractivity contribution in [2.24, 2.45) is 5.92 Å². The van der Waals surface area contributed by atoms with Gasteiger partial charge >= 0.3 is 0 Å². The summed E-state index contributed by atoms with van der Waals surface area (Å²) in [4.78, 5) is 11.9. The van der Waals surface area contributed by atoms with Gasteiger partial charge in [-0.3, -0.25) is 4.79 Å². The monoisotopic (exact) mass is 285 g/mol. The van der Waals surface area contributed by atoms with Gasteiger partial charge in [-0.1, -0.05) is 12.8 Å². The molecule has 2 unspecified atom stereocenters. The highest BCUT2D eigenvalue weighted by Crippen LogP contribution is 2.28. The molecule has 0 heterocycles. The number of alkyl halides is 1. The fraction of sp³-hybridized carbons (Fsp3) is 0.500. The van der Waals surface area contributed by atoms with Crippen LogP contribution in [0.2, 0.25) is 0 Å². The summed E-state index contributed by atoms with van der Waals surface area (Å²) in [6, 6.07) is 3.50. The minimum Gasteiger partial charge on any atom is -0.508 e. The molecule has 19 heavy (non-hydrogen) atoms. The summed E-state index contributed by atoms with van der Waals surface area (Å²) in [6.07, 6.45) is 4.21. The Kier molecular flexibility index (Phi) is 4.64. The van der Waals surface area contributed by atoms with E-state index in [2.05, 4.69) is 5.32 Å². The first kappa shape index (κ1) is 14.1. The first-order chi connectivity index (χ1) is 9.08. The zero-order chi connectivity index (χ0) is 13.8. The number of carbonyl (C=O) groups is 1. The van der Waals surface area contributed by atoms with Crippen molar-refractivity contribution >= 4 is 17.5 Å². The average Bonchev–Trinajstić information content (AvgIpc) is 2.37. The van der Waals surface area contributed by atoms with Crippen molar-refractivity contribution in [1.29, 1.82) is 0 Å². The predicted octanol–water partition coefficient (Wildman–Crippen LogP) is 3.06. The fourth-order valence-corrected chi connectivity index (χ4v) is 2.77. The van der Waals surface area contributed by atoms with Gasteiger partial charge in [0, 0.05) is 18.0 Å². The molecule has 2 rings (SSSR count). The second-order valence-corrected chi connectivity index (χ2v) is 5.50. The van der Waals surface area contributed by atoms with Crippen LogP contribution in [-0.2, 0) is 0 Å². The molecule has 0 bridgehead atoms. The summed E-state index contributed by atoms with van der Waals surface area (Å²) in [5, 5.41) is 11.9. The number of phenolic OH excluding ortho intramolecular Hbond substituents is 1.